The molecule has 2 N–H and O–H groups in total. The molecular weight excluding hydrogens is 814 g/mol. The molecule has 61 heavy (non-hydrogen) atoms. The fourth-order valence-corrected chi connectivity index (χ4v) is 11.3. The highest BCUT2D eigenvalue weighted by Gasteiger charge is 2.57. The largest absolute Gasteiger partial charge is 0.497 e. The second-order valence-electron chi connectivity index (χ2n) is 15.5. The van der Waals surface area contributed by atoms with E-state index < -0.39 is 14.1 Å². The third-order valence-electron chi connectivity index (χ3n) is 10.9. The Bertz CT molecular complexity index is 1760. The summed E-state index contributed by atoms with van der Waals surface area (Å²) in [7, 11) is 2.02. The van der Waals surface area contributed by atoms with Gasteiger partial charge in [-0.15, -0.1) is 0 Å². The number of methoxy groups -OCH3 is 2. The van der Waals surface area contributed by atoms with Crippen LogP contribution in [0.25, 0.3) is 0 Å². The monoisotopic (exact) mass is 877 g/mol. The molecule has 13 nitrogen and oxygen atoms in total. The second-order valence-corrected chi connectivity index (χ2v) is 18.2. The van der Waals surface area contributed by atoms with Crippen LogP contribution in [0.4, 0.5) is 4.79 Å². The van der Waals surface area contributed by atoms with Crippen molar-refractivity contribution in [1.82, 2.24) is 20.2 Å². The van der Waals surface area contributed by atoms with Gasteiger partial charge in [-0.1, -0.05) is 61.0 Å². The summed E-state index contributed by atoms with van der Waals surface area (Å²) in [4.78, 5) is 29.1. The van der Waals surface area contributed by atoms with Crippen LogP contribution in [0.1, 0.15) is 76.5 Å². The summed E-state index contributed by atoms with van der Waals surface area (Å²) in [5.74, 6) is 2.29. The van der Waals surface area contributed by atoms with Crippen LogP contribution in [-0.4, -0.2) is 117 Å². The predicted octanol–water partition coefficient (Wildman–Crippen LogP) is 7.88. The molecule has 2 aliphatic heterocycles. The van der Waals surface area contributed by atoms with Crippen molar-refractivity contribution in [3.05, 3.63) is 95.6 Å². The summed E-state index contributed by atoms with van der Waals surface area (Å²) in [5.41, 5.74) is 1.99. The number of rotatable bonds is 27. The van der Waals surface area contributed by atoms with E-state index >= 15 is 0 Å². The van der Waals surface area contributed by atoms with E-state index in [1.165, 1.54) is 0 Å². The van der Waals surface area contributed by atoms with Crippen molar-refractivity contribution in [1.29, 1.82) is 5.26 Å². The number of thioether (sulfide) groups is 1. The first kappa shape index (κ1) is 48.1. The van der Waals surface area contributed by atoms with Crippen LogP contribution in [0.15, 0.2) is 78.9 Å². The summed E-state index contributed by atoms with van der Waals surface area (Å²) in [6.45, 7) is 11.2. The molecule has 15 heteroatoms. The molecule has 0 aromatic heterocycles. The maximum absolute atomic E-state index is 14.4. The van der Waals surface area contributed by atoms with E-state index in [1.807, 2.05) is 54.2 Å². The number of ether oxygens (including phenoxy) is 4. The smallest absolute Gasteiger partial charge is 0.319 e. The minimum absolute atomic E-state index is 0.00579. The molecule has 5 rings (SSSR count). The third-order valence-corrected chi connectivity index (χ3v) is 14.5. The van der Waals surface area contributed by atoms with Crippen molar-refractivity contribution in [2.75, 3.05) is 66.2 Å². The minimum atomic E-state index is -1.29. The van der Waals surface area contributed by atoms with Gasteiger partial charge in [0.25, 0.3) is 8.53 Å². The number of amides is 3. The lowest BCUT2D eigenvalue weighted by atomic mass is 9.74. The zero-order chi connectivity index (χ0) is 43.6. The lowest BCUT2D eigenvalue weighted by molar-refractivity contribution is -0.121. The predicted molar refractivity (Wildman–Crippen MR) is 241 cm³/mol. The van der Waals surface area contributed by atoms with E-state index in [-0.39, 0.29) is 41.4 Å². The number of urea groups is 1. The van der Waals surface area contributed by atoms with Gasteiger partial charge in [0.1, 0.15) is 17.0 Å². The third kappa shape index (κ3) is 12.6. The highest BCUT2D eigenvalue weighted by Crippen LogP contribution is 2.50. The quantitative estimate of drug-likeness (QED) is 0.0334. The summed E-state index contributed by atoms with van der Waals surface area (Å²) < 4.78 is 36.5. The maximum Gasteiger partial charge on any atom is 0.319 e. The number of nitrogens with one attached hydrogen (secondary N) is 2. The Morgan fingerprint density at radius 1 is 0.852 bits per heavy atom. The Labute approximate surface area is 368 Å². The first-order valence-electron chi connectivity index (χ1n) is 21.3. The molecule has 4 atom stereocenters. The molecule has 2 heterocycles. The fourth-order valence-electron chi connectivity index (χ4n) is 8.18. The number of nitriles is 1. The van der Waals surface area contributed by atoms with E-state index in [0.717, 1.165) is 53.2 Å². The van der Waals surface area contributed by atoms with Gasteiger partial charge in [-0.25, -0.2) is 9.46 Å². The zero-order valence-electron chi connectivity index (χ0n) is 36.5. The zero-order valence-corrected chi connectivity index (χ0v) is 38.3. The van der Waals surface area contributed by atoms with E-state index in [1.54, 1.807) is 14.2 Å². The lowest BCUT2D eigenvalue weighted by Gasteiger charge is -2.45. The number of nitrogens with zero attached hydrogens (tertiary/aromatic N) is 3. The van der Waals surface area contributed by atoms with E-state index in [0.29, 0.717) is 59.0 Å². The molecule has 332 valence electrons. The Morgan fingerprint density at radius 2 is 1.43 bits per heavy atom. The van der Waals surface area contributed by atoms with Crippen molar-refractivity contribution in [3.8, 4) is 17.6 Å². The van der Waals surface area contributed by atoms with Gasteiger partial charge in [-0.05, 0) is 81.5 Å². The molecule has 2 aliphatic rings. The van der Waals surface area contributed by atoms with Gasteiger partial charge >= 0.3 is 6.03 Å². The number of hydrogen-bond donors (Lipinski definition) is 2. The van der Waals surface area contributed by atoms with Crippen molar-refractivity contribution in [2.45, 2.75) is 94.8 Å². The molecule has 2 fully saturated rings. The van der Waals surface area contributed by atoms with Crippen LogP contribution in [0, 0.1) is 11.3 Å². The molecule has 3 aromatic carbocycles. The Kier molecular flexibility index (Phi) is 19.4. The summed E-state index contributed by atoms with van der Waals surface area (Å²) in [5, 5.41) is 15.5. The highest BCUT2D eigenvalue weighted by atomic mass is 32.2. The minimum Gasteiger partial charge on any atom is -0.497 e. The molecular formula is C46H64N5O8PS. The van der Waals surface area contributed by atoms with Gasteiger partial charge in [-0.3, -0.25) is 4.79 Å². The van der Waals surface area contributed by atoms with Crippen molar-refractivity contribution < 1.29 is 37.6 Å². The number of carbonyl (C=O) groups is 2. The van der Waals surface area contributed by atoms with E-state index in [4.69, 9.17) is 33.3 Å². The van der Waals surface area contributed by atoms with Gasteiger partial charge in [0.05, 0.1) is 78.4 Å². The number of hydrogen-bond acceptors (Lipinski definition) is 11. The summed E-state index contributed by atoms with van der Waals surface area (Å²) in [6, 6.07) is 28.7. The molecule has 0 aliphatic carbocycles. The average Bonchev–Trinajstić information content (AvgIpc) is 3.81. The van der Waals surface area contributed by atoms with Crippen molar-refractivity contribution in [2.24, 2.45) is 0 Å². The van der Waals surface area contributed by atoms with E-state index in [9.17, 15) is 9.59 Å². The van der Waals surface area contributed by atoms with Gasteiger partial charge in [-0.2, -0.15) is 17.0 Å². The van der Waals surface area contributed by atoms with Gasteiger partial charge in [0.15, 0.2) is 0 Å². The number of fused-ring (bicyclic) bond motifs is 1. The van der Waals surface area contributed by atoms with Crippen LogP contribution < -0.4 is 20.1 Å². The Balaban J connectivity index is 1.06. The number of carbonyl (C=O) groups excluding carboxylic acids is 2. The molecule has 2 saturated heterocycles. The van der Waals surface area contributed by atoms with Gasteiger partial charge in [0.2, 0.25) is 5.91 Å². The van der Waals surface area contributed by atoms with Crippen molar-refractivity contribution >= 4 is 32.2 Å². The van der Waals surface area contributed by atoms with Crippen LogP contribution >= 0.6 is 20.3 Å². The van der Waals surface area contributed by atoms with Crippen LogP contribution in [0.5, 0.6) is 11.5 Å². The molecule has 0 saturated carbocycles. The normalized spacial score (nSPS) is 18.0. The lowest BCUT2D eigenvalue weighted by Crippen LogP contribution is -2.53. The standard InChI is InChI=1S/C46H64N5O8PS/c1-34(2)51(35(3)4)60(58-27-12-25-47)59-32-31-57-30-29-56-28-26-48-43(52)16-11-10-15-42-44-41(33-61-42)50(45(53)49-44)46(36-13-8-7-9-14-36,37-17-21-39(54-5)22-18-37)38-19-23-40(55-6)24-20-38/h7-9,13-14,17-24,34-35,41-42,44H,10-12,15-16,26-33H2,1-6H3,(H,48,52)(H,49,53)/t41?,42-,44?,60?/m0/s1. The molecule has 0 spiro atoms. The molecule has 0 bridgehead atoms. The Morgan fingerprint density at radius 3 is 2.02 bits per heavy atom. The van der Waals surface area contributed by atoms with Gasteiger partial charge < -0.3 is 43.5 Å². The SMILES string of the molecule is COc1ccc(C(c2ccccc2)(c2ccc(OC)cc2)N2C(=O)NC3C2CS[C@H]3CCCCC(=O)NCCOCCOCCOP(OCCC#N)N(C(C)C)C(C)C)cc1. The van der Waals surface area contributed by atoms with Crippen LogP contribution in [0.2, 0.25) is 0 Å². The molecule has 3 aromatic rings. The number of unbranched alkanes of at least 4 members (excludes halogenated alkanes) is 1. The average molecular weight is 878 g/mol. The fraction of sp³-hybridized carbons (Fsp3) is 0.543. The van der Waals surface area contributed by atoms with Gasteiger partial charge in [0, 0.05) is 36.1 Å². The summed E-state index contributed by atoms with van der Waals surface area (Å²) in [6.07, 6.45) is 3.29. The first-order valence-corrected chi connectivity index (χ1v) is 23.5. The van der Waals surface area contributed by atoms with Crippen molar-refractivity contribution in [3.63, 3.8) is 0 Å². The summed E-state index contributed by atoms with van der Waals surface area (Å²) >= 11 is 1.90. The highest BCUT2D eigenvalue weighted by molar-refractivity contribution is 8.00. The topological polar surface area (TPSA) is 144 Å². The van der Waals surface area contributed by atoms with Crippen LogP contribution in [0.3, 0.4) is 0 Å². The molecule has 0 radical (unpaired) electrons. The first-order chi connectivity index (χ1) is 29.6. The van der Waals surface area contributed by atoms with E-state index in [2.05, 4.69) is 90.4 Å². The van der Waals surface area contributed by atoms with Crippen LogP contribution in [-0.2, 0) is 28.9 Å². The molecule has 3 amide bonds. The Hall–Kier alpha value is -3.93. The maximum atomic E-state index is 14.4. The number of benzene rings is 3. The second kappa shape index (κ2) is 24.6. The molecule has 3 unspecified atom stereocenters.